The van der Waals surface area contributed by atoms with Crippen LogP contribution in [0.15, 0.2) is 42.6 Å². The van der Waals surface area contributed by atoms with Gasteiger partial charge < -0.3 is 10.6 Å². The number of nitrogens with zero attached hydrogens (tertiary/aromatic N) is 2. The number of hydrogen-bond donors (Lipinski definition) is 2. The Morgan fingerprint density at radius 2 is 2.05 bits per heavy atom. The van der Waals surface area contributed by atoms with Crippen molar-refractivity contribution in [3.8, 4) is 0 Å². The topological polar surface area (TPSA) is 59.0 Å². The molecule has 0 aliphatic rings. The zero-order chi connectivity index (χ0) is 14.2. The lowest BCUT2D eigenvalue weighted by Gasteiger charge is -2.09. The van der Waals surface area contributed by atoms with Gasteiger partial charge in [-0.2, -0.15) is 5.10 Å². The zero-order valence-electron chi connectivity index (χ0n) is 11.7. The van der Waals surface area contributed by atoms with Crippen LogP contribution in [0.4, 0.5) is 5.82 Å². The van der Waals surface area contributed by atoms with Gasteiger partial charge in [-0.05, 0) is 19.0 Å². The molecule has 1 aromatic heterocycles. The second-order valence-corrected chi connectivity index (χ2v) is 4.58. The molecular weight excluding hydrogens is 252 g/mol. The molecule has 2 rings (SSSR count). The summed E-state index contributed by atoms with van der Waals surface area (Å²) in [5.41, 5.74) is 1.26. The Kier molecular flexibility index (Phi) is 5.32. The molecule has 0 aliphatic carbocycles. The number of aryl methyl sites for hydroxylation is 2. The van der Waals surface area contributed by atoms with E-state index >= 15 is 0 Å². The Hall–Kier alpha value is -2.14. The maximum atomic E-state index is 11.7. The number of carbonyl (C=O) groups excluding carboxylic acids is 1. The van der Waals surface area contributed by atoms with E-state index in [1.54, 1.807) is 6.20 Å². The summed E-state index contributed by atoms with van der Waals surface area (Å²) in [5.74, 6) is 0.753. The molecule has 2 N–H and O–H groups in total. The van der Waals surface area contributed by atoms with Crippen molar-refractivity contribution >= 4 is 11.7 Å². The fourth-order valence-corrected chi connectivity index (χ4v) is 1.94. The minimum atomic E-state index is 0.000751. The second kappa shape index (κ2) is 7.45. The molecule has 106 valence electrons. The number of amides is 1. The maximum absolute atomic E-state index is 11.7. The van der Waals surface area contributed by atoms with E-state index in [0.717, 1.165) is 18.8 Å². The van der Waals surface area contributed by atoms with Gasteiger partial charge in [0, 0.05) is 25.6 Å². The van der Waals surface area contributed by atoms with Gasteiger partial charge in [-0.1, -0.05) is 30.3 Å². The first kappa shape index (κ1) is 14.3. The van der Waals surface area contributed by atoms with Gasteiger partial charge in [-0.3, -0.25) is 4.79 Å². The number of carbonyl (C=O) groups is 1. The first-order valence-electron chi connectivity index (χ1n) is 6.80. The van der Waals surface area contributed by atoms with Crippen LogP contribution in [0.5, 0.6) is 0 Å². The lowest BCUT2D eigenvalue weighted by Crippen LogP contribution is -2.20. The Morgan fingerprint density at radius 3 is 2.80 bits per heavy atom. The smallest absolute Gasteiger partial charge is 0.226 e. The quantitative estimate of drug-likeness (QED) is 0.806. The van der Waals surface area contributed by atoms with E-state index in [4.69, 9.17) is 0 Å². The average Bonchev–Trinajstić information content (AvgIpc) is 2.91. The molecule has 20 heavy (non-hydrogen) atoms. The molecule has 0 fully saturated rings. The molecule has 1 amide bonds. The molecule has 0 spiro atoms. The maximum Gasteiger partial charge on any atom is 0.226 e. The van der Waals surface area contributed by atoms with Crippen LogP contribution in [0.1, 0.15) is 12.0 Å². The molecular formula is C15H20N4O. The molecule has 2 aromatic rings. The van der Waals surface area contributed by atoms with Crippen molar-refractivity contribution in [3.05, 3.63) is 48.2 Å². The van der Waals surface area contributed by atoms with Gasteiger partial charge >= 0.3 is 0 Å². The van der Waals surface area contributed by atoms with E-state index in [-0.39, 0.29) is 5.91 Å². The molecule has 5 nitrogen and oxygen atoms in total. The van der Waals surface area contributed by atoms with Gasteiger partial charge in [0.1, 0.15) is 5.82 Å². The first-order valence-corrected chi connectivity index (χ1v) is 6.80. The summed E-state index contributed by atoms with van der Waals surface area (Å²) in [5, 5.41) is 10.1. The zero-order valence-corrected chi connectivity index (χ0v) is 11.7. The third-order valence-electron chi connectivity index (χ3n) is 3.04. The highest BCUT2D eigenvalue weighted by Crippen LogP contribution is 2.09. The second-order valence-electron chi connectivity index (χ2n) is 4.58. The van der Waals surface area contributed by atoms with E-state index in [2.05, 4.69) is 27.9 Å². The van der Waals surface area contributed by atoms with Crippen molar-refractivity contribution in [2.45, 2.75) is 19.4 Å². The highest BCUT2D eigenvalue weighted by Gasteiger charge is 2.06. The van der Waals surface area contributed by atoms with Gasteiger partial charge in [-0.15, -0.1) is 0 Å². The van der Waals surface area contributed by atoms with E-state index in [1.807, 2.05) is 36.0 Å². The molecule has 0 saturated carbocycles. The van der Waals surface area contributed by atoms with Crippen LogP contribution >= 0.6 is 0 Å². The summed E-state index contributed by atoms with van der Waals surface area (Å²) in [6, 6.07) is 12.1. The van der Waals surface area contributed by atoms with Gasteiger partial charge in [0.05, 0.1) is 6.20 Å². The Balaban J connectivity index is 1.90. The van der Waals surface area contributed by atoms with Crippen molar-refractivity contribution in [1.29, 1.82) is 0 Å². The van der Waals surface area contributed by atoms with Crippen LogP contribution in [0.3, 0.4) is 0 Å². The SMILES string of the molecule is CNCCC(=O)Nc1ccnn1CCc1ccccc1. The monoisotopic (exact) mass is 272 g/mol. The molecule has 0 radical (unpaired) electrons. The number of rotatable bonds is 7. The molecule has 1 aromatic carbocycles. The lowest BCUT2D eigenvalue weighted by molar-refractivity contribution is -0.116. The fourth-order valence-electron chi connectivity index (χ4n) is 1.94. The molecule has 0 aliphatic heterocycles. The predicted octanol–water partition coefficient (Wildman–Crippen LogP) is 1.67. The van der Waals surface area contributed by atoms with E-state index in [9.17, 15) is 4.79 Å². The molecule has 0 saturated heterocycles. The van der Waals surface area contributed by atoms with Crippen molar-refractivity contribution < 1.29 is 4.79 Å². The summed E-state index contributed by atoms with van der Waals surface area (Å²) in [6.45, 7) is 1.42. The van der Waals surface area contributed by atoms with Crippen LogP contribution in [0, 0.1) is 0 Å². The highest BCUT2D eigenvalue weighted by atomic mass is 16.1. The van der Waals surface area contributed by atoms with Crippen LogP contribution in [0.2, 0.25) is 0 Å². The van der Waals surface area contributed by atoms with E-state index in [0.29, 0.717) is 13.0 Å². The van der Waals surface area contributed by atoms with Gasteiger partial charge in [0.15, 0.2) is 0 Å². The third-order valence-corrected chi connectivity index (χ3v) is 3.04. The number of hydrogen-bond acceptors (Lipinski definition) is 3. The van der Waals surface area contributed by atoms with E-state index < -0.39 is 0 Å². The van der Waals surface area contributed by atoms with Crippen LogP contribution in [-0.2, 0) is 17.8 Å². The van der Waals surface area contributed by atoms with Crippen molar-refractivity contribution in [3.63, 3.8) is 0 Å². The Labute approximate surface area is 119 Å². The van der Waals surface area contributed by atoms with Crippen LogP contribution < -0.4 is 10.6 Å². The molecule has 5 heteroatoms. The largest absolute Gasteiger partial charge is 0.319 e. The normalized spacial score (nSPS) is 10.4. The lowest BCUT2D eigenvalue weighted by atomic mass is 10.1. The van der Waals surface area contributed by atoms with Crippen molar-refractivity contribution in [1.82, 2.24) is 15.1 Å². The Bertz CT molecular complexity index is 536. The summed E-state index contributed by atoms with van der Waals surface area (Å²) in [4.78, 5) is 11.7. The number of anilines is 1. The van der Waals surface area contributed by atoms with Gasteiger partial charge in [0.2, 0.25) is 5.91 Å². The highest BCUT2D eigenvalue weighted by molar-refractivity contribution is 5.89. The van der Waals surface area contributed by atoms with Crippen molar-refractivity contribution in [2.75, 3.05) is 18.9 Å². The van der Waals surface area contributed by atoms with Gasteiger partial charge in [-0.25, -0.2) is 4.68 Å². The van der Waals surface area contributed by atoms with Crippen LogP contribution in [-0.4, -0.2) is 29.3 Å². The third kappa shape index (κ3) is 4.20. The predicted molar refractivity (Wildman–Crippen MR) is 79.5 cm³/mol. The molecule has 1 heterocycles. The minimum absolute atomic E-state index is 0.000751. The number of nitrogens with one attached hydrogen (secondary N) is 2. The number of aromatic nitrogens is 2. The standard InChI is InChI=1S/C15H20N4O/c1-16-10-8-15(20)18-14-7-11-17-19(14)12-9-13-5-3-2-4-6-13/h2-7,11,16H,8-10,12H2,1H3,(H,18,20). The Morgan fingerprint density at radius 1 is 1.25 bits per heavy atom. The summed E-state index contributed by atoms with van der Waals surface area (Å²) in [7, 11) is 1.83. The van der Waals surface area contributed by atoms with Crippen molar-refractivity contribution in [2.24, 2.45) is 0 Å². The molecule has 0 atom stereocenters. The number of benzene rings is 1. The summed E-state index contributed by atoms with van der Waals surface area (Å²) >= 11 is 0. The minimum Gasteiger partial charge on any atom is -0.319 e. The summed E-state index contributed by atoms with van der Waals surface area (Å²) in [6.07, 6.45) is 3.06. The van der Waals surface area contributed by atoms with E-state index in [1.165, 1.54) is 5.56 Å². The first-order chi connectivity index (χ1) is 9.79. The fraction of sp³-hybridized carbons (Fsp3) is 0.333. The van der Waals surface area contributed by atoms with Gasteiger partial charge in [0.25, 0.3) is 0 Å². The molecule has 0 unspecified atom stereocenters. The van der Waals surface area contributed by atoms with Crippen LogP contribution in [0.25, 0.3) is 0 Å². The summed E-state index contributed by atoms with van der Waals surface area (Å²) < 4.78 is 1.82. The molecule has 0 bridgehead atoms. The average molecular weight is 272 g/mol.